The number of hydrogen-bond donors (Lipinski definition) is 1. The average Bonchev–Trinajstić information content (AvgIpc) is 2.90. The van der Waals surface area contributed by atoms with Crippen molar-refractivity contribution in [3.63, 3.8) is 0 Å². The summed E-state index contributed by atoms with van der Waals surface area (Å²) in [5.41, 5.74) is 1.71. The minimum absolute atomic E-state index is 0.0274. The molecule has 0 bridgehead atoms. The van der Waals surface area contributed by atoms with E-state index < -0.39 is 28.5 Å². The average molecular weight is 607 g/mol. The van der Waals surface area contributed by atoms with E-state index in [1.165, 1.54) is 24.1 Å². The molecule has 0 aliphatic carbocycles. The van der Waals surface area contributed by atoms with Crippen molar-refractivity contribution in [3.05, 3.63) is 87.9 Å². The third kappa shape index (κ3) is 7.68. The summed E-state index contributed by atoms with van der Waals surface area (Å²) < 4.78 is 34.0. The van der Waals surface area contributed by atoms with Gasteiger partial charge in [0.1, 0.15) is 18.3 Å². The lowest BCUT2D eigenvalue weighted by Gasteiger charge is -2.32. The molecule has 0 fully saturated rings. The number of amides is 2. The number of carbonyl (C=O) groups excluding carboxylic acids is 2. The lowest BCUT2D eigenvalue weighted by molar-refractivity contribution is -0.139. The zero-order valence-corrected chi connectivity index (χ0v) is 25.3. The number of sulfonamides is 1. The third-order valence-corrected chi connectivity index (χ3v) is 8.58. The first-order chi connectivity index (χ1) is 18.8. The zero-order chi connectivity index (χ0) is 29.6. The first kappa shape index (κ1) is 31.3. The normalized spacial score (nSPS) is 12.1. The van der Waals surface area contributed by atoms with Crippen LogP contribution in [0.2, 0.25) is 10.0 Å². The first-order valence-corrected chi connectivity index (χ1v) is 14.8. The van der Waals surface area contributed by atoms with Crippen molar-refractivity contribution >= 4 is 50.7 Å². The largest absolute Gasteiger partial charge is 0.497 e. The van der Waals surface area contributed by atoms with Crippen LogP contribution in [0.5, 0.6) is 5.75 Å². The number of benzene rings is 3. The molecule has 0 aliphatic heterocycles. The van der Waals surface area contributed by atoms with Gasteiger partial charge in [-0.2, -0.15) is 0 Å². The van der Waals surface area contributed by atoms with E-state index in [-0.39, 0.29) is 29.1 Å². The summed E-state index contributed by atoms with van der Waals surface area (Å²) in [4.78, 5) is 28.3. The minimum atomic E-state index is -4.17. The number of ether oxygens (including phenoxy) is 1. The maximum absolute atomic E-state index is 13.9. The van der Waals surface area contributed by atoms with Crippen molar-refractivity contribution < 1.29 is 22.7 Å². The quantitative estimate of drug-likeness (QED) is 0.313. The summed E-state index contributed by atoms with van der Waals surface area (Å²) in [5.74, 6) is -0.449. The number of halogens is 2. The Bertz CT molecular complexity index is 1450. The summed E-state index contributed by atoms with van der Waals surface area (Å²) in [5, 5.41) is 3.56. The van der Waals surface area contributed by atoms with Crippen LogP contribution in [-0.4, -0.2) is 50.9 Å². The molecular formula is C29H33Cl2N3O5S. The number of anilines is 1. The van der Waals surface area contributed by atoms with Gasteiger partial charge in [0.2, 0.25) is 11.8 Å². The summed E-state index contributed by atoms with van der Waals surface area (Å²) in [6.07, 6.45) is 0. The number of hydrogen-bond acceptors (Lipinski definition) is 5. The predicted molar refractivity (Wildman–Crippen MR) is 158 cm³/mol. The highest BCUT2D eigenvalue weighted by atomic mass is 35.5. The van der Waals surface area contributed by atoms with Crippen LogP contribution in [0.3, 0.4) is 0 Å². The van der Waals surface area contributed by atoms with E-state index in [9.17, 15) is 18.0 Å². The predicted octanol–water partition coefficient (Wildman–Crippen LogP) is 5.45. The molecule has 0 aliphatic rings. The fourth-order valence-corrected chi connectivity index (χ4v) is 5.82. The van der Waals surface area contributed by atoms with Gasteiger partial charge in [-0.15, -0.1) is 0 Å². The van der Waals surface area contributed by atoms with E-state index in [1.54, 1.807) is 61.5 Å². The molecule has 214 valence electrons. The first-order valence-electron chi connectivity index (χ1n) is 12.6. The highest BCUT2D eigenvalue weighted by Gasteiger charge is 2.33. The fraction of sp³-hybridized carbons (Fsp3) is 0.310. The molecule has 0 heterocycles. The fourth-order valence-electron chi connectivity index (χ4n) is 3.94. The number of nitrogens with one attached hydrogen (secondary N) is 1. The Balaban J connectivity index is 2.05. The summed E-state index contributed by atoms with van der Waals surface area (Å²) in [6.45, 7) is 6.46. The van der Waals surface area contributed by atoms with Crippen LogP contribution < -0.4 is 14.4 Å². The lowest BCUT2D eigenvalue weighted by atomic mass is 10.1. The van der Waals surface area contributed by atoms with Crippen LogP contribution in [0, 0.1) is 6.92 Å². The van der Waals surface area contributed by atoms with Crippen LogP contribution in [0.25, 0.3) is 0 Å². The molecule has 3 rings (SSSR count). The SMILES string of the molecule is COc1ccc(N(CC(=O)N(Cc2ccc(Cl)cc2Cl)[C@@H](C)C(=O)NC(C)C)S(=O)(=O)c2ccc(C)cc2)cc1. The Kier molecular flexibility index (Phi) is 10.5. The van der Waals surface area contributed by atoms with Crippen molar-refractivity contribution in [1.29, 1.82) is 0 Å². The molecule has 0 radical (unpaired) electrons. The van der Waals surface area contributed by atoms with Crippen LogP contribution in [-0.2, 0) is 26.2 Å². The molecule has 1 atom stereocenters. The van der Waals surface area contributed by atoms with Crippen molar-refractivity contribution in [2.45, 2.75) is 51.2 Å². The van der Waals surface area contributed by atoms with Crippen molar-refractivity contribution in [2.24, 2.45) is 0 Å². The summed E-state index contributed by atoms with van der Waals surface area (Å²) in [6, 6.07) is 16.5. The van der Waals surface area contributed by atoms with Crippen LogP contribution >= 0.6 is 23.2 Å². The van der Waals surface area contributed by atoms with Gasteiger partial charge < -0.3 is 15.0 Å². The van der Waals surface area contributed by atoms with Gasteiger partial charge in [0.15, 0.2) is 0 Å². The van der Waals surface area contributed by atoms with Crippen LogP contribution in [0.4, 0.5) is 5.69 Å². The van der Waals surface area contributed by atoms with E-state index >= 15 is 0 Å². The standard InChI is InChI=1S/C29H33Cl2N3O5S/c1-19(2)32-29(36)21(4)33(17-22-8-9-23(30)16-27(22)31)28(35)18-34(24-10-12-25(39-5)13-11-24)40(37,38)26-14-6-20(3)7-15-26/h6-16,19,21H,17-18H2,1-5H3,(H,32,36)/t21-/m0/s1. The van der Waals surface area contributed by atoms with Gasteiger partial charge in [-0.1, -0.05) is 47.0 Å². The molecule has 8 nitrogen and oxygen atoms in total. The topological polar surface area (TPSA) is 96.0 Å². The van der Waals surface area contributed by atoms with Crippen molar-refractivity contribution in [3.8, 4) is 5.75 Å². The van der Waals surface area contributed by atoms with E-state index in [0.29, 0.717) is 21.4 Å². The maximum Gasteiger partial charge on any atom is 0.264 e. The molecule has 11 heteroatoms. The molecule has 3 aromatic rings. The number of methoxy groups -OCH3 is 1. The Morgan fingerprint density at radius 1 is 0.950 bits per heavy atom. The second-order valence-corrected chi connectivity index (χ2v) is 12.3. The van der Waals surface area contributed by atoms with Gasteiger partial charge in [-0.3, -0.25) is 13.9 Å². The van der Waals surface area contributed by atoms with Gasteiger partial charge in [0.25, 0.3) is 10.0 Å². The second-order valence-electron chi connectivity index (χ2n) is 9.62. The number of rotatable bonds is 11. The monoisotopic (exact) mass is 605 g/mol. The maximum atomic E-state index is 13.9. The van der Waals surface area contributed by atoms with Crippen LogP contribution in [0.15, 0.2) is 71.6 Å². The Morgan fingerprint density at radius 3 is 2.12 bits per heavy atom. The summed E-state index contributed by atoms with van der Waals surface area (Å²) >= 11 is 12.5. The van der Waals surface area contributed by atoms with E-state index in [2.05, 4.69) is 5.32 Å². The molecular weight excluding hydrogens is 573 g/mol. The van der Waals surface area contributed by atoms with Gasteiger partial charge in [-0.25, -0.2) is 8.42 Å². The molecule has 3 aromatic carbocycles. The van der Waals surface area contributed by atoms with Gasteiger partial charge in [0, 0.05) is 22.6 Å². The van der Waals surface area contributed by atoms with Gasteiger partial charge in [0.05, 0.1) is 17.7 Å². The van der Waals surface area contributed by atoms with Crippen LogP contribution in [0.1, 0.15) is 31.9 Å². The summed E-state index contributed by atoms with van der Waals surface area (Å²) in [7, 11) is -2.67. The molecule has 0 spiro atoms. The van der Waals surface area contributed by atoms with Crippen molar-refractivity contribution in [2.75, 3.05) is 18.0 Å². The highest BCUT2D eigenvalue weighted by molar-refractivity contribution is 7.92. The smallest absolute Gasteiger partial charge is 0.264 e. The second kappa shape index (κ2) is 13.4. The highest BCUT2D eigenvalue weighted by Crippen LogP contribution is 2.28. The molecule has 40 heavy (non-hydrogen) atoms. The minimum Gasteiger partial charge on any atom is -0.497 e. The molecule has 1 N–H and O–H groups in total. The van der Waals surface area contributed by atoms with E-state index in [1.807, 2.05) is 20.8 Å². The molecule has 2 amide bonds. The number of aryl methyl sites for hydroxylation is 1. The van der Waals surface area contributed by atoms with Crippen molar-refractivity contribution in [1.82, 2.24) is 10.2 Å². The molecule has 0 saturated carbocycles. The van der Waals surface area contributed by atoms with Gasteiger partial charge in [-0.05, 0) is 81.8 Å². The Labute approximate surface area is 245 Å². The van der Waals surface area contributed by atoms with Gasteiger partial charge >= 0.3 is 0 Å². The lowest BCUT2D eigenvalue weighted by Crippen LogP contribution is -2.52. The molecule has 0 unspecified atom stereocenters. The molecule has 0 saturated heterocycles. The van der Waals surface area contributed by atoms with E-state index in [4.69, 9.17) is 27.9 Å². The number of carbonyl (C=O) groups is 2. The Morgan fingerprint density at radius 2 is 1.57 bits per heavy atom. The Hall–Kier alpha value is -3.27. The van der Waals surface area contributed by atoms with E-state index in [0.717, 1.165) is 9.87 Å². The number of nitrogens with zero attached hydrogens (tertiary/aromatic N) is 2. The molecule has 0 aromatic heterocycles. The zero-order valence-electron chi connectivity index (χ0n) is 23.0. The third-order valence-electron chi connectivity index (χ3n) is 6.20.